The van der Waals surface area contributed by atoms with Crippen LogP contribution in [0.3, 0.4) is 0 Å². The molecule has 2 atom stereocenters. The summed E-state index contributed by atoms with van der Waals surface area (Å²) in [7, 11) is 0. The summed E-state index contributed by atoms with van der Waals surface area (Å²) in [5.41, 5.74) is 0. The van der Waals surface area contributed by atoms with Crippen molar-refractivity contribution < 1.29 is 14.3 Å². The van der Waals surface area contributed by atoms with E-state index in [4.69, 9.17) is 9.47 Å². The molecule has 0 radical (unpaired) electrons. The van der Waals surface area contributed by atoms with Crippen LogP contribution in [0.15, 0.2) is 0 Å². The highest BCUT2D eigenvalue weighted by Gasteiger charge is 2.20. The van der Waals surface area contributed by atoms with Crippen LogP contribution in [0, 0.1) is 17.8 Å². The van der Waals surface area contributed by atoms with Crippen molar-refractivity contribution in [2.75, 3.05) is 13.2 Å². The minimum atomic E-state index is -0.413. The molecule has 0 bridgehead atoms. The monoisotopic (exact) mass is 268 g/mol. The van der Waals surface area contributed by atoms with E-state index >= 15 is 0 Å². The third-order valence-corrected chi connectivity index (χ3v) is 3.02. The van der Waals surface area contributed by atoms with Gasteiger partial charge in [-0.3, -0.25) is 0 Å². The van der Waals surface area contributed by atoms with Crippen molar-refractivity contribution in [3.63, 3.8) is 0 Å². The molecule has 0 aromatic heterocycles. The zero-order chi connectivity index (χ0) is 14.5. The van der Waals surface area contributed by atoms with E-state index in [1.165, 1.54) is 0 Å². The number of carbonyl (C=O) groups excluding carboxylic acids is 1. The summed E-state index contributed by atoms with van der Waals surface area (Å²) >= 11 is 0. The highest BCUT2D eigenvalue weighted by molar-refractivity contribution is 5.74. The number of hydrogen-bond acceptors (Lipinski definition) is 3. The van der Waals surface area contributed by atoms with Crippen molar-refractivity contribution in [1.29, 1.82) is 0 Å². The van der Waals surface area contributed by atoms with Gasteiger partial charge in [0, 0.05) is 6.42 Å². The molecule has 0 aliphatic heterocycles. The van der Waals surface area contributed by atoms with E-state index in [9.17, 15) is 4.79 Å². The van der Waals surface area contributed by atoms with Crippen LogP contribution in [0.25, 0.3) is 0 Å². The van der Waals surface area contributed by atoms with Crippen LogP contribution in [-0.2, 0) is 14.3 Å². The van der Waals surface area contributed by atoms with Crippen LogP contribution < -0.4 is 0 Å². The first kappa shape index (κ1) is 18.0. The number of hydrogen-bond donors (Lipinski definition) is 0. The Morgan fingerprint density at radius 2 is 2.00 bits per heavy atom. The van der Waals surface area contributed by atoms with Gasteiger partial charge in [-0.15, -0.1) is 11.8 Å². The molecule has 3 heteroatoms. The third-order valence-electron chi connectivity index (χ3n) is 3.02. The maximum absolute atomic E-state index is 11.8. The Bertz CT molecular complexity index is 288. The highest BCUT2D eigenvalue weighted by Crippen LogP contribution is 2.11. The topological polar surface area (TPSA) is 35.5 Å². The first-order valence-corrected chi connectivity index (χ1v) is 7.33. The lowest BCUT2D eigenvalue weighted by Gasteiger charge is -2.18. The summed E-state index contributed by atoms with van der Waals surface area (Å²) in [6.07, 6.45) is 4.20. The van der Waals surface area contributed by atoms with E-state index in [1.54, 1.807) is 0 Å². The molecule has 2 unspecified atom stereocenters. The van der Waals surface area contributed by atoms with Crippen LogP contribution in [0.5, 0.6) is 0 Å². The van der Waals surface area contributed by atoms with Crippen LogP contribution in [-0.4, -0.2) is 25.3 Å². The molecule has 0 saturated heterocycles. The fraction of sp³-hybridized carbons (Fsp3) is 0.812. The molecule has 0 N–H and O–H groups in total. The van der Waals surface area contributed by atoms with E-state index in [-0.39, 0.29) is 5.97 Å². The summed E-state index contributed by atoms with van der Waals surface area (Å²) in [4.78, 5) is 11.8. The van der Waals surface area contributed by atoms with Gasteiger partial charge in [-0.2, -0.15) is 0 Å². The minimum Gasteiger partial charge on any atom is -0.464 e. The normalized spacial score (nSPS) is 13.3. The number of rotatable bonds is 10. The average molecular weight is 268 g/mol. The Hall–Kier alpha value is -1.01. The second kappa shape index (κ2) is 12.0. The molecule has 0 aromatic carbocycles. The van der Waals surface area contributed by atoms with E-state index in [0.29, 0.717) is 19.1 Å². The van der Waals surface area contributed by atoms with Gasteiger partial charge in [-0.1, -0.05) is 20.3 Å². The second-order valence-electron chi connectivity index (χ2n) is 4.76. The summed E-state index contributed by atoms with van der Waals surface area (Å²) in [6, 6.07) is 0. The molecule has 0 spiro atoms. The van der Waals surface area contributed by atoms with Gasteiger partial charge in [0.2, 0.25) is 0 Å². The summed E-state index contributed by atoms with van der Waals surface area (Å²) < 4.78 is 10.8. The molecule has 0 aliphatic carbocycles. The van der Waals surface area contributed by atoms with E-state index < -0.39 is 6.10 Å². The molecule has 3 nitrogen and oxygen atoms in total. The fourth-order valence-electron chi connectivity index (χ4n) is 1.57. The van der Waals surface area contributed by atoms with Gasteiger partial charge >= 0.3 is 5.97 Å². The molecular weight excluding hydrogens is 240 g/mol. The first-order valence-electron chi connectivity index (χ1n) is 7.33. The predicted octanol–water partition coefficient (Wildman–Crippen LogP) is 3.56. The van der Waals surface area contributed by atoms with Crippen molar-refractivity contribution in [3.8, 4) is 11.8 Å². The van der Waals surface area contributed by atoms with Gasteiger partial charge in [0.15, 0.2) is 6.10 Å². The van der Waals surface area contributed by atoms with Gasteiger partial charge in [0.1, 0.15) is 0 Å². The van der Waals surface area contributed by atoms with Crippen LogP contribution in [0.1, 0.15) is 59.8 Å². The number of esters is 1. The second-order valence-corrected chi connectivity index (χ2v) is 4.76. The highest BCUT2D eigenvalue weighted by atomic mass is 16.6. The number of carbonyl (C=O) groups is 1. The third kappa shape index (κ3) is 9.55. The van der Waals surface area contributed by atoms with Crippen LogP contribution in [0.4, 0.5) is 0 Å². The Balaban J connectivity index is 4.08. The standard InChI is InChI=1S/C16H28O3/c1-5-8-9-10-11-12-15(16(17)18-7-3)19-13-14(4)6-2/h14-15H,6-7,9-13H2,1-4H3. The van der Waals surface area contributed by atoms with E-state index in [1.807, 2.05) is 13.8 Å². The Morgan fingerprint density at radius 1 is 1.26 bits per heavy atom. The zero-order valence-corrected chi connectivity index (χ0v) is 12.8. The van der Waals surface area contributed by atoms with E-state index in [0.717, 1.165) is 32.1 Å². The predicted molar refractivity (Wildman–Crippen MR) is 77.7 cm³/mol. The van der Waals surface area contributed by atoms with Gasteiger partial charge in [-0.05, 0) is 39.0 Å². The lowest BCUT2D eigenvalue weighted by atomic mass is 10.1. The smallest absolute Gasteiger partial charge is 0.335 e. The molecule has 110 valence electrons. The maximum Gasteiger partial charge on any atom is 0.335 e. The van der Waals surface area contributed by atoms with Crippen LogP contribution in [0.2, 0.25) is 0 Å². The van der Waals surface area contributed by atoms with Crippen molar-refractivity contribution in [2.24, 2.45) is 5.92 Å². The molecule has 19 heavy (non-hydrogen) atoms. The van der Waals surface area contributed by atoms with Crippen molar-refractivity contribution in [1.82, 2.24) is 0 Å². The van der Waals surface area contributed by atoms with Crippen LogP contribution >= 0.6 is 0 Å². The van der Waals surface area contributed by atoms with Gasteiger partial charge in [-0.25, -0.2) is 4.79 Å². The molecule has 0 saturated carbocycles. The summed E-state index contributed by atoms with van der Waals surface area (Å²) in [5.74, 6) is 6.15. The Labute approximate surface area is 118 Å². The first-order chi connectivity index (χ1) is 9.15. The average Bonchev–Trinajstić information content (AvgIpc) is 2.41. The molecule has 0 fully saturated rings. The minimum absolute atomic E-state index is 0.229. The Kier molecular flexibility index (Phi) is 11.4. The zero-order valence-electron chi connectivity index (χ0n) is 12.8. The molecule has 0 aromatic rings. The molecule has 0 rings (SSSR count). The van der Waals surface area contributed by atoms with Crippen molar-refractivity contribution in [3.05, 3.63) is 0 Å². The number of unbranched alkanes of at least 4 members (excludes halogenated alkanes) is 2. The molecule has 0 heterocycles. The quantitative estimate of drug-likeness (QED) is 0.345. The summed E-state index contributed by atoms with van der Waals surface area (Å²) in [5, 5.41) is 0. The number of ether oxygens (including phenoxy) is 2. The molecule has 0 aliphatic rings. The van der Waals surface area contributed by atoms with Crippen molar-refractivity contribution >= 4 is 5.97 Å². The summed E-state index contributed by atoms with van der Waals surface area (Å²) in [6.45, 7) is 8.94. The lowest BCUT2D eigenvalue weighted by Crippen LogP contribution is -2.28. The maximum atomic E-state index is 11.8. The lowest BCUT2D eigenvalue weighted by molar-refractivity contribution is -0.158. The van der Waals surface area contributed by atoms with Gasteiger partial charge < -0.3 is 9.47 Å². The SMILES string of the molecule is CC#CCCCCC(OCC(C)CC)C(=O)OCC. The molecular formula is C16H28O3. The van der Waals surface area contributed by atoms with Gasteiger partial charge in [0.25, 0.3) is 0 Å². The largest absolute Gasteiger partial charge is 0.464 e. The Morgan fingerprint density at radius 3 is 2.58 bits per heavy atom. The van der Waals surface area contributed by atoms with Crippen molar-refractivity contribution in [2.45, 2.75) is 65.9 Å². The fourth-order valence-corrected chi connectivity index (χ4v) is 1.57. The van der Waals surface area contributed by atoms with Gasteiger partial charge in [0.05, 0.1) is 13.2 Å². The molecule has 0 amide bonds. The van der Waals surface area contributed by atoms with E-state index in [2.05, 4.69) is 25.7 Å².